The van der Waals surface area contributed by atoms with Crippen LogP contribution in [0.2, 0.25) is 0 Å². The Balaban J connectivity index is 3.33. The zero-order chi connectivity index (χ0) is 53.7. The number of carbonyl (C=O) groups excluding carboxylic acids is 8. The van der Waals surface area contributed by atoms with E-state index in [-0.39, 0.29) is 63.0 Å². The number of carbonyl (C=O) groups is 10. The molecular weight excluding hydrogens is 941 g/mol. The number of aliphatic imine (C=N–C) groups is 1. The van der Waals surface area contributed by atoms with Crippen molar-refractivity contribution in [2.24, 2.45) is 39.9 Å². The number of aliphatic carboxylic acids is 2. The molecule has 398 valence electrons. The lowest BCUT2D eigenvalue weighted by Crippen LogP contribution is -2.62. The maximum atomic E-state index is 13.9. The lowest BCUT2D eigenvalue weighted by atomic mass is 10.00. The van der Waals surface area contributed by atoms with E-state index >= 15 is 0 Å². The van der Waals surface area contributed by atoms with E-state index in [2.05, 4.69) is 54.8 Å². The van der Waals surface area contributed by atoms with Gasteiger partial charge in [-0.15, -0.1) is 0 Å². The molecule has 0 saturated carbocycles. The summed E-state index contributed by atoms with van der Waals surface area (Å²) in [4.78, 5) is 137. The Morgan fingerprint density at radius 2 is 1.14 bits per heavy atom. The molecule has 8 amide bonds. The third-order valence-corrected chi connectivity index (χ3v) is 11.4. The number of hydrogen-bond donors (Lipinski definition) is 15. The van der Waals surface area contributed by atoms with Crippen LogP contribution < -0.4 is 54.4 Å². The molecule has 70 heavy (non-hydrogen) atoms. The summed E-state index contributed by atoms with van der Waals surface area (Å²) in [6.45, 7) is 12.7. The molecule has 1 saturated heterocycles. The molecule has 0 aliphatic carbocycles. The van der Waals surface area contributed by atoms with Gasteiger partial charge in [0, 0.05) is 18.8 Å². The van der Waals surface area contributed by atoms with Crippen LogP contribution in [-0.4, -0.2) is 176 Å². The zero-order valence-electron chi connectivity index (χ0n) is 41.1. The summed E-state index contributed by atoms with van der Waals surface area (Å²) in [7, 11) is 0. The molecule has 1 heterocycles. The average molecular weight is 1020 g/mol. The molecular formula is C43H76N12O14S. The molecule has 0 unspecified atom stereocenters. The topological polar surface area (TPSA) is 429 Å². The fourth-order valence-electron chi connectivity index (χ4n) is 7.22. The molecule has 17 N–H and O–H groups in total. The number of nitrogens with one attached hydrogen (secondary N) is 7. The van der Waals surface area contributed by atoms with Gasteiger partial charge in [0.25, 0.3) is 0 Å². The maximum Gasteiger partial charge on any atom is 0.326 e. The minimum atomic E-state index is -1.87. The first-order chi connectivity index (χ1) is 32.5. The lowest BCUT2D eigenvalue weighted by Gasteiger charge is -2.31. The van der Waals surface area contributed by atoms with E-state index in [1.54, 1.807) is 27.7 Å². The van der Waals surface area contributed by atoms with Gasteiger partial charge in [-0.2, -0.15) is 12.6 Å². The number of carboxylic acids is 2. The molecule has 1 fully saturated rings. The highest BCUT2D eigenvalue weighted by molar-refractivity contribution is 7.80. The first-order valence-electron chi connectivity index (χ1n) is 23.2. The van der Waals surface area contributed by atoms with Gasteiger partial charge < -0.3 is 79.7 Å². The Hall–Kier alpha value is -5.80. The van der Waals surface area contributed by atoms with Crippen LogP contribution in [0.3, 0.4) is 0 Å². The number of nitrogens with two attached hydrogens (primary N) is 3. The Kier molecular flexibility index (Phi) is 26.7. The highest BCUT2D eigenvalue weighted by Crippen LogP contribution is 2.21. The molecule has 0 aromatic heterocycles. The van der Waals surface area contributed by atoms with E-state index in [0.29, 0.717) is 6.42 Å². The van der Waals surface area contributed by atoms with Gasteiger partial charge in [-0.25, -0.2) is 4.79 Å². The Bertz CT molecular complexity index is 1870. The minimum absolute atomic E-state index is 0.0333. The van der Waals surface area contributed by atoms with Crippen molar-refractivity contribution in [1.82, 2.24) is 42.1 Å². The molecule has 0 bridgehead atoms. The number of rotatable bonds is 30. The largest absolute Gasteiger partial charge is 0.481 e. The second-order valence-electron chi connectivity index (χ2n) is 18.5. The van der Waals surface area contributed by atoms with Gasteiger partial charge in [0.05, 0.1) is 18.6 Å². The Labute approximate surface area is 413 Å². The first kappa shape index (κ1) is 62.2. The van der Waals surface area contributed by atoms with Crippen LogP contribution in [0.25, 0.3) is 0 Å². The van der Waals surface area contributed by atoms with E-state index in [1.165, 1.54) is 27.7 Å². The van der Waals surface area contributed by atoms with Crippen LogP contribution in [0.4, 0.5) is 0 Å². The average Bonchev–Trinajstić information content (AvgIpc) is 3.75. The van der Waals surface area contributed by atoms with E-state index < -0.39 is 144 Å². The summed E-state index contributed by atoms with van der Waals surface area (Å²) in [5.41, 5.74) is 16.6. The summed E-state index contributed by atoms with van der Waals surface area (Å²) in [6, 6.07) is -12.9. The number of carboxylic acid groups (broad SMARTS) is 2. The monoisotopic (exact) mass is 1020 g/mol. The number of hydrogen-bond acceptors (Lipinski definition) is 15. The SMILES string of the molecule is CC(C)C[C@H](NC(=O)[C@@H]1CCCN1C(=O)[C@@H](NC(=O)[C@H](CS)NC(=O)[C@H](CC(=O)O)NC(=O)[C@@H](NC(=O)[C@H](CCCN=C(N)N)NC(=O)[C@H](CC(C)C)NC(=O)[C@@H](N)[C@@H](C)O)C(C)C)[C@@H](C)O)C(=O)O. The number of amides is 8. The summed E-state index contributed by atoms with van der Waals surface area (Å²) >= 11 is 4.13. The molecule has 0 radical (unpaired) electrons. The molecule has 1 rings (SSSR count). The molecule has 1 aliphatic rings. The summed E-state index contributed by atoms with van der Waals surface area (Å²) in [5, 5.41) is 56.8. The van der Waals surface area contributed by atoms with Gasteiger partial charge in [0.2, 0.25) is 47.3 Å². The van der Waals surface area contributed by atoms with Crippen molar-refractivity contribution in [1.29, 1.82) is 0 Å². The molecule has 0 aromatic rings. The predicted octanol–water partition coefficient (Wildman–Crippen LogP) is -4.25. The zero-order valence-corrected chi connectivity index (χ0v) is 42.0. The van der Waals surface area contributed by atoms with Gasteiger partial charge in [-0.3, -0.25) is 48.1 Å². The summed E-state index contributed by atoms with van der Waals surface area (Å²) in [5.74, 6) is -11.9. The number of thiol groups is 1. The lowest BCUT2D eigenvalue weighted by molar-refractivity contribution is -0.146. The van der Waals surface area contributed by atoms with E-state index in [1.807, 2.05) is 0 Å². The normalized spacial score (nSPS) is 17.8. The smallest absolute Gasteiger partial charge is 0.326 e. The van der Waals surface area contributed by atoms with E-state index in [4.69, 9.17) is 17.2 Å². The quantitative estimate of drug-likeness (QED) is 0.0140. The molecule has 27 heteroatoms. The number of aliphatic hydroxyl groups excluding tert-OH is 2. The molecule has 1 aliphatic heterocycles. The van der Waals surface area contributed by atoms with Gasteiger partial charge in [-0.05, 0) is 70.1 Å². The van der Waals surface area contributed by atoms with Crippen LogP contribution in [0.5, 0.6) is 0 Å². The second-order valence-corrected chi connectivity index (χ2v) is 18.9. The third-order valence-electron chi connectivity index (χ3n) is 11.0. The van der Waals surface area contributed by atoms with Crippen molar-refractivity contribution in [3.05, 3.63) is 0 Å². The third kappa shape index (κ3) is 21.1. The fraction of sp³-hybridized carbons (Fsp3) is 0.744. The van der Waals surface area contributed by atoms with Crippen LogP contribution in [0.15, 0.2) is 4.99 Å². The Morgan fingerprint density at radius 1 is 0.643 bits per heavy atom. The standard InChI is InChI=1S/C43H76N12O14S/c1-19(2)15-25(49-39(65)31(44)22(7)56)35(61)48-24(11-9-13-47-43(45)46)34(60)53-32(21(5)6)40(66)50-26(17-30(58)59)36(62)52-28(18-70)37(63)54-33(23(8)57)41(67)55-14-10-12-29(55)38(64)51-27(42(68)69)16-20(3)4/h19-29,31-33,56-57,70H,9-18,44H2,1-8H3,(H,48,61)(H,49,65)(H,50,66)(H,51,64)(H,52,62)(H,53,60)(H,54,63)(H,58,59)(H,68,69)(H4,45,46,47)/t22-,23-,24+,25+,26+,27+,28+,29+,31+,32+,33+/m1/s1. The number of likely N-dealkylation sites (tertiary alicyclic amines) is 1. The van der Waals surface area contributed by atoms with Crippen LogP contribution in [-0.2, 0) is 47.9 Å². The maximum absolute atomic E-state index is 13.9. The van der Waals surface area contributed by atoms with Gasteiger partial charge in [-0.1, -0.05) is 41.5 Å². The molecule has 11 atom stereocenters. The van der Waals surface area contributed by atoms with E-state index in [0.717, 1.165) is 4.90 Å². The van der Waals surface area contributed by atoms with Crippen LogP contribution in [0, 0.1) is 17.8 Å². The summed E-state index contributed by atoms with van der Waals surface area (Å²) in [6.07, 6.45) is -3.04. The first-order valence-corrected chi connectivity index (χ1v) is 23.8. The Morgan fingerprint density at radius 3 is 1.64 bits per heavy atom. The predicted molar refractivity (Wildman–Crippen MR) is 257 cm³/mol. The minimum Gasteiger partial charge on any atom is -0.481 e. The molecule has 0 spiro atoms. The van der Waals surface area contributed by atoms with Crippen molar-refractivity contribution in [3.63, 3.8) is 0 Å². The molecule has 26 nitrogen and oxygen atoms in total. The second kappa shape index (κ2) is 30.1. The van der Waals surface area contributed by atoms with Crippen molar-refractivity contribution < 1.29 is 68.4 Å². The van der Waals surface area contributed by atoms with Crippen molar-refractivity contribution >= 4 is 77.8 Å². The number of nitrogens with zero attached hydrogens (tertiary/aromatic N) is 2. The van der Waals surface area contributed by atoms with Crippen molar-refractivity contribution in [3.8, 4) is 0 Å². The van der Waals surface area contributed by atoms with Crippen molar-refractivity contribution in [2.75, 3.05) is 18.8 Å². The fourth-order valence-corrected chi connectivity index (χ4v) is 7.48. The highest BCUT2D eigenvalue weighted by Gasteiger charge is 2.42. The van der Waals surface area contributed by atoms with Gasteiger partial charge in [0.15, 0.2) is 5.96 Å². The van der Waals surface area contributed by atoms with Crippen LogP contribution in [0.1, 0.15) is 100 Å². The van der Waals surface area contributed by atoms with Crippen molar-refractivity contribution in [2.45, 2.75) is 167 Å². The van der Waals surface area contributed by atoms with Gasteiger partial charge in [0.1, 0.15) is 54.4 Å². The van der Waals surface area contributed by atoms with Crippen LogP contribution >= 0.6 is 12.6 Å². The number of aliphatic hydroxyl groups is 2. The van der Waals surface area contributed by atoms with E-state index in [9.17, 15) is 68.4 Å². The number of guanidine groups is 1. The van der Waals surface area contributed by atoms with Gasteiger partial charge >= 0.3 is 11.9 Å². The molecule has 0 aromatic carbocycles. The highest BCUT2D eigenvalue weighted by atomic mass is 32.1. The summed E-state index contributed by atoms with van der Waals surface area (Å²) < 4.78 is 0.